The van der Waals surface area contributed by atoms with Crippen molar-refractivity contribution in [3.05, 3.63) is 194 Å². The summed E-state index contributed by atoms with van der Waals surface area (Å²) in [6.07, 6.45) is 0. The predicted octanol–water partition coefficient (Wildman–Crippen LogP) is 13.2. The molecule has 0 aliphatic rings. The van der Waals surface area contributed by atoms with Gasteiger partial charge in [0, 0.05) is 50.0 Å². The lowest BCUT2D eigenvalue weighted by molar-refractivity contribution is 0.668. The van der Waals surface area contributed by atoms with Crippen molar-refractivity contribution >= 4 is 43.7 Å². The molecule has 0 aliphatic carbocycles. The van der Waals surface area contributed by atoms with Gasteiger partial charge in [0.2, 0.25) is 0 Å². The number of rotatable bonds is 6. The highest BCUT2D eigenvalue weighted by atomic mass is 16.3. The van der Waals surface area contributed by atoms with Crippen LogP contribution in [0, 0.1) is 0 Å². The molecule has 0 aliphatic heterocycles. The van der Waals surface area contributed by atoms with E-state index in [4.69, 9.17) is 19.4 Å². The Hall–Kier alpha value is -7.63. The van der Waals surface area contributed by atoms with E-state index in [-0.39, 0.29) is 0 Å². The van der Waals surface area contributed by atoms with Crippen molar-refractivity contribution < 1.29 is 4.42 Å². The summed E-state index contributed by atoms with van der Waals surface area (Å²) in [5.74, 6) is 1.86. The van der Waals surface area contributed by atoms with Crippen LogP contribution in [0.15, 0.2) is 199 Å². The number of para-hydroxylation sites is 1. The zero-order chi connectivity index (χ0) is 37.0. The second kappa shape index (κ2) is 13.0. The van der Waals surface area contributed by atoms with Crippen LogP contribution < -0.4 is 0 Å². The fraction of sp³-hybridized carbons (Fsp3) is 0. The Balaban J connectivity index is 1.12. The van der Waals surface area contributed by atoms with Crippen LogP contribution in [-0.2, 0) is 0 Å². The number of hydrogen-bond acceptors (Lipinski definition) is 4. The van der Waals surface area contributed by atoms with Gasteiger partial charge in [-0.3, -0.25) is 0 Å². The first-order valence-corrected chi connectivity index (χ1v) is 18.8. The monoisotopic (exact) mass is 716 g/mol. The van der Waals surface area contributed by atoms with E-state index >= 15 is 0 Å². The Kier molecular flexibility index (Phi) is 7.42. The summed E-state index contributed by atoms with van der Waals surface area (Å²) in [6.45, 7) is 0. The van der Waals surface area contributed by atoms with Gasteiger partial charge < -0.3 is 8.98 Å². The molecule has 56 heavy (non-hydrogen) atoms. The van der Waals surface area contributed by atoms with Crippen molar-refractivity contribution in [3.63, 3.8) is 0 Å². The Morgan fingerprint density at radius 3 is 1.39 bits per heavy atom. The Bertz CT molecular complexity index is 3220. The highest BCUT2D eigenvalue weighted by Crippen LogP contribution is 2.39. The molecule has 0 radical (unpaired) electrons. The third-order valence-corrected chi connectivity index (χ3v) is 10.7. The van der Waals surface area contributed by atoms with Crippen LogP contribution in [0.2, 0.25) is 0 Å². The highest BCUT2D eigenvalue weighted by Gasteiger charge is 2.19. The van der Waals surface area contributed by atoms with Gasteiger partial charge in [-0.15, -0.1) is 0 Å². The zero-order valence-electron chi connectivity index (χ0n) is 30.2. The molecule has 0 atom stereocenters. The summed E-state index contributed by atoms with van der Waals surface area (Å²) in [4.78, 5) is 15.2. The van der Waals surface area contributed by atoms with Crippen LogP contribution >= 0.6 is 0 Å². The van der Waals surface area contributed by atoms with Gasteiger partial charge >= 0.3 is 0 Å². The van der Waals surface area contributed by atoms with Crippen molar-refractivity contribution in [1.29, 1.82) is 0 Å². The summed E-state index contributed by atoms with van der Waals surface area (Å²) >= 11 is 0. The van der Waals surface area contributed by atoms with Gasteiger partial charge in [0.15, 0.2) is 17.5 Å². The summed E-state index contributed by atoms with van der Waals surface area (Å²) in [5, 5.41) is 4.51. The van der Waals surface area contributed by atoms with Crippen molar-refractivity contribution in [1.82, 2.24) is 19.5 Å². The van der Waals surface area contributed by atoms with E-state index in [1.165, 1.54) is 11.1 Å². The molecule has 5 nitrogen and oxygen atoms in total. The molecule has 11 aromatic rings. The third-order valence-electron chi connectivity index (χ3n) is 10.7. The fourth-order valence-electron chi connectivity index (χ4n) is 7.89. The van der Waals surface area contributed by atoms with Crippen LogP contribution in [0.1, 0.15) is 0 Å². The predicted molar refractivity (Wildman–Crippen MR) is 229 cm³/mol. The number of fused-ring (bicyclic) bond motifs is 6. The maximum absolute atomic E-state index is 6.40. The first-order valence-electron chi connectivity index (χ1n) is 18.8. The van der Waals surface area contributed by atoms with E-state index in [1.807, 2.05) is 48.5 Å². The average molecular weight is 717 g/mol. The first-order chi connectivity index (χ1) is 27.7. The molecule has 3 aromatic heterocycles. The molecule has 0 amide bonds. The van der Waals surface area contributed by atoms with Crippen LogP contribution in [0.5, 0.6) is 0 Å². The Labute approximate surface area is 322 Å². The molecule has 0 bridgehead atoms. The van der Waals surface area contributed by atoms with Crippen molar-refractivity contribution in [2.45, 2.75) is 0 Å². The topological polar surface area (TPSA) is 56.7 Å². The molecule has 3 heterocycles. The maximum Gasteiger partial charge on any atom is 0.164 e. The zero-order valence-corrected chi connectivity index (χ0v) is 30.2. The molecule has 0 spiro atoms. The summed E-state index contributed by atoms with van der Waals surface area (Å²) in [5.41, 5.74) is 12.3. The van der Waals surface area contributed by atoms with Crippen molar-refractivity contribution in [2.75, 3.05) is 0 Å². The van der Waals surface area contributed by atoms with E-state index in [0.29, 0.717) is 17.5 Å². The molecule has 0 saturated carbocycles. The lowest BCUT2D eigenvalue weighted by atomic mass is 10.0. The molecule has 11 rings (SSSR count). The number of aromatic nitrogens is 4. The van der Waals surface area contributed by atoms with Crippen LogP contribution in [-0.4, -0.2) is 19.5 Å². The molecule has 5 heteroatoms. The molecule has 0 N–H and O–H groups in total. The number of hydrogen-bond donors (Lipinski definition) is 0. The summed E-state index contributed by atoms with van der Waals surface area (Å²) in [6, 6.07) is 67.5. The quantitative estimate of drug-likeness (QED) is 0.172. The van der Waals surface area contributed by atoms with E-state index in [9.17, 15) is 0 Å². The molecule has 0 unspecified atom stereocenters. The van der Waals surface area contributed by atoms with Crippen LogP contribution in [0.4, 0.5) is 0 Å². The van der Waals surface area contributed by atoms with Gasteiger partial charge in [-0.1, -0.05) is 158 Å². The first kappa shape index (κ1) is 31.9. The molecular formula is C51H32N4O. The average Bonchev–Trinajstić information content (AvgIpc) is 3.81. The number of nitrogens with zero attached hydrogens (tertiary/aromatic N) is 4. The molecular weight excluding hydrogens is 685 g/mol. The normalized spacial score (nSPS) is 11.6. The molecule has 0 saturated heterocycles. The van der Waals surface area contributed by atoms with Crippen molar-refractivity contribution in [3.8, 4) is 62.1 Å². The largest absolute Gasteiger partial charge is 0.456 e. The lowest BCUT2D eigenvalue weighted by Crippen LogP contribution is -2.00. The van der Waals surface area contributed by atoms with Gasteiger partial charge in [-0.2, -0.15) is 0 Å². The minimum absolute atomic E-state index is 0.609. The van der Waals surface area contributed by atoms with Gasteiger partial charge in [-0.25, -0.2) is 15.0 Å². The van der Waals surface area contributed by atoms with Gasteiger partial charge in [-0.05, 0) is 52.6 Å². The molecule has 0 fully saturated rings. The fourth-order valence-corrected chi connectivity index (χ4v) is 7.89. The summed E-state index contributed by atoms with van der Waals surface area (Å²) in [7, 11) is 0. The SMILES string of the molecule is c1ccc(-c2ccc(-c3nc(-c4ccccc4)nc(-c4ccc5c6ccc(-c7ccccc7)cc6n(-c6ccc7c(c6)oc6ccccc67)c5c4)n3)cc2)cc1. The van der Waals surface area contributed by atoms with E-state index in [0.717, 1.165) is 77.2 Å². The van der Waals surface area contributed by atoms with E-state index in [2.05, 4.69) is 150 Å². The minimum Gasteiger partial charge on any atom is -0.456 e. The molecule has 262 valence electrons. The number of furan rings is 1. The van der Waals surface area contributed by atoms with Gasteiger partial charge in [0.05, 0.1) is 11.0 Å². The Morgan fingerprint density at radius 1 is 0.304 bits per heavy atom. The summed E-state index contributed by atoms with van der Waals surface area (Å²) < 4.78 is 8.75. The van der Waals surface area contributed by atoms with Gasteiger partial charge in [0.1, 0.15) is 11.2 Å². The third kappa shape index (κ3) is 5.45. The highest BCUT2D eigenvalue weighted by molar-refractivity contribution is 6.12. The van der Waals surface area contributed by atoms with E-state index < -0.39 is 0 Å². The second-order valence-electron chi connectivity index (χ2n) is 14.1. The lowest BCUT2D eigenvalue weighted by Gasteiger charge is -2.11. The van der Waals surface area contributed by atoms with Crippen LogP contribution in [0.25, 0.3) is 106 Å². The van der Waals surface area contributed by atoms with Crippen LogP contribution in [0.3, 0.4) is 0 Å². The number of benzene rings is 8. The smallest absolute Gasteiger partial charge is 0.164 e. The Morgan fingerprint density at radius 2 is 0.732 bits per heavy atom. The van der Waals surface area contributed by atoms with E-state index in [1.54, 1.807) is 0 Å². The second-order valence-corrected chi connectivity index (χ2v) is 14.1. The maximum atomic E-state index is 6.40. The van der Waals surface area contributed by atoms with Crippen molar-refractivity contribution in [2.24, 2.45) is 0 Å². The minimum atomic E-state index is 0.609. The van der Waals surface area contributed by atoms with Gasteiger partial charge in [0.25, 0.3) is 0 Å². The standard InChI is InChI=1S/C51H32N4O/c1-4-12-33(13-5-1)35-20-22-37(23-21-35)50-52-49(36-16-8-3-9-17-36)53-51(54-50)39-25-28-42-41-27-24-38(34-14-6-2-7-15-34)30-45(41)55(46(42)31-39)40-26-29-44-43-18-10-11-19-47(43)56-48(44)32-40/h1-32H. The molecule has 8 aromatic carbocycles.